The Labute approximate surface area is 193 Å². The zero-order valence-electron chi connectivity index (χ0n) is 18.9. The van der Waals surface area contributed by atoms with Crippen molar-refractivity contribution in [3.05, 3.63) is 59.7 Å². The number of methoxy groups -OCH3 is 1. The fourth-order valence-electron chi connectivity index (χ4n) is 4.08. The molecule has 0 aliphatic heterocycles. The van der Waals surface area contributed by atoms with Gasteiger partial charge in [0.1, 0.15) is 6.61 Å². The topological polar surface area (TPSA) is 114 Å². The van der Waals surface area contributed by atoms with Crippen molar-refractivity contribution in [3.63, 3.8) is 0 Å². The average Bonchev–Trinajstić information content (AvgIpc) is 3.11. The van der Waals surface area contributed by atoms with Crippen LogP contribution in [0.15, 0.2) is 48.5 Å². The van der Waals surface area contributed by atoms with Gasteiger partial charge in [0.2, 0.25) is 0 Å². The second-order valence-electron chi connectivity index (χ2n) is 8.13. The van der Waals surface area contributed by atoms with Gasteiger partial charge in [0, 0.05) is 25.5 Å². The Balaban J connectivity index is 1.48. The highest BCUT2D eigenvalue weighted by atomic mass is 16.5. The molecule has 0 spiro atoms. The van der Waals surface area contributed by atoms with Crippen LogP contribution in [0.3, 0.4) is 0 Å². The van der Waals surface area contributed by atoms with Crippen LogP contribution >= 0.6 is 0 Å². The van der Waals surface area contributed by atoms with Crippen molar-refractivity contribution in [1.82, 2.24) is 10.6 Å². The smallest absolute Gasteiger partial charge is 0.407 e. The molecule has 0 saturated heterocycles. The molecule has 2 aromatic rings. The van der Waals surface area contributed by atoms with Crippen LogP contribution in [0.2, 0.25) is 0 Å². The molecule has 3 rings (SSSR count). The second-order valence-corrected chi connectivity index (χ2v) is 8.13. The normalized spacial score (nSPS) is 14.0. The van der Waals surface area contributed by atoms with Gasteiger partial charge in [-0.05, 0) is 42.0 Å². The minimum atomic E-state index is -0.882. The van der Waals surface area contributed by atoms with E-state index < -0.39 is 18.2 Å². The minimum absolute atomic E-state index is 0.0408. The van der Waals surface area contributed by atoms with Gasteiger partial charge in [0.25, 0.3) is 5.91 Å². The summed E-state index contributed by atoms with van der Waals surface area (Å²) in [6.45, 7) is 1.94. The summed E-state index contributed by atoms with van der Waals surface area (Å²) in [5.41, 5.74) is 4.54. The number of benzene rings is 2. The lowest BCUT2D eigenvalue weighted by atomic mass is 9.98. The summed E-state index contributed by atoms with van der Waals surface area (Å²) in [5.74, 6) is -1.29. The lowest BCUT2D eigenvalue weighted by Crippen LogP contribution is -2.46. The van der Waals surface area contributed by atoms with Gasteiger partial charge in [0.05, 0.1) is 6.54 Å². The Morgan fingerprint density at radius 3 is 2.21 bits per heavy atom. The molecule has 8 heteroatoms. The third-order valence-electron chi connectivity index (χ3n) is 5.77. The molecular weight excluding hydrogens is 424 g/mol. The molecule has 0 aromatic heterocycles. The molecule has 1 aliphatic rings. The van der Waals surface area contributed by atoms with E-state index in [-0.39, 0.29) is 37.4 Å². The van der Waals surface area contributed by atoms with E-state index in [9.17, 15) is 14.4 Å². The summed E-state index contributed by atoms with van der Waals surface area (Å²) in [7, 11) is 1.39. The van der Waals surface area contributed by atoms with E-state index >= 15 is 0 Å². The van der Waals surface area contributed by atoms with Crippen molar-refractivity contribution in [2.45, 2.75) is 44.2 Å². The first-order valence-electron chi connectivity index (χ1n) is 11.0. The van der Waals surface area contributed by atoms with Crippen LogP contribution in [0.1, 0.15) is 43.2 Å². The highest BCUT2D eigenvalue weighted by Gasteiger charge is 2.29. The maximum Gasteiger partial charge on any atom is 0.407 e. The van der Waals surface area contributed by atoms with Crippen molar-refractivity contribution in [3.8, 4) is 11.1 Å². The number of carboxylic acids is 1. The van der Waals surface area contributed by atoms with Crippen molar-refractivity contribution < 1.29 is 29.0 Å². The number of fused-ring (bicyclic) bond motifs is 3. The van der Waals surface area contributed by atoms with Gasteiger partial charge >= 0.3 is 12.1 Å². The van der Waals surface area contributed by atoms with Crippen LogP contribution in [0.25, 0.3) is 11.1 Å². The highest BCUT2D eigenvalue weighted by Crippen LogP contribution is 2.44. The molecule has 2 amide bonds. The molecule has 0 bridgehead atoms. The van der Waals surface area contributed by atoms with E-state index in [1.54, 1.807) is 6.92 Å². The van der Waals surface area contributed by atoms with E-state index in [1.165, 1.54) is 7.11 Å². The number of amides is 2. The number of nitrogens with one attached hydrogen (secondary N) is 2. The Kier molecular flexibility index (Phi) is 8.43. The molecule has 3 N–H and O–H groups in total. The summed E-state index contributed by atoms with van der Waals surface area (Å²) in [4.78, 5) is 35.3. The van der Waals surface area contributed by atoms with Crippen LogP contribution in [0, 0.1) is 0 Å². The molecule has 2 unspecified atom stereocenters. The van der Waals surface area contributed by atoms with E-state index in [1.807, 2.05) is 36.4 Å². The quantitative estimate of drug-likeness (QED) is 0.480. The zero-order chi connectivity index (χ0) is 23.8. The molecule has 8 nitrogen and oxygen atoms in total. The lowest BCUT2D eigenvalue weighted by Gasteiger charge is -2.20. The lowest BCUT2D eigenvalue weighted by molar-refractivity contribution is -0.137. The fraction of sp³-hybridized carbons (Fsp3) is 0.400. The van der Waals surface area contributed by atoms with E-state index in [0.717, 1.165) is 22.3 Å². The number of rotatable bonds is 11. The Bertz CT molecular complexity index is 947. The molecule has 0 saturated carbocycles. The molecule has 1 aliphatic carbocycles. The Hall–Kier alpha value is -3.39. The first-order chi connectivity index (χ1) is 15.9. The van der Waals surface area contributed by atoms with Crippen molar-refractivity contribution in [1.29, 1.82) is 0 Å². The third kappa shape index (κ3) is 6.32. The van der Waals surface area contributed by atoms with E-state index in [4.69, 9.17) is 14.6 Å². The summed E-state index contributed by atoms with van der Waals surface area (Å²) in [6, 6.07) is 16.0. The summed E-state index contributed by atoms with van der Waals surface area (Å²) in [6.07, 6.45) is -0.452. The van der Waals surface area contributed by atoms with Gasteiger partial charge in [-0.2, -0.15) is 0 Å². The molecule has 2 atom stereocenters. The number of carboxylic acid groups (broad SMARTS) is 1. The zero-order valence-corrected chi connectivity index (χ0v) is 18.9. The number of carbonyl (C=O) groups is 3. The predicted molar refractivity (Wildman–Crippen MR) is 123 cm³/mol. The Morgan fingerprint density at radius 2 is 1.64 bits per heavy atom. The van der Waals surface area contributed by atoms with Gasteiger partial charge in [0.15, 0.2) is 6.10 Å². The van der Waals surface area contributed by atoms with Crippen molar-refractivity contribution in [2.24, 2.45) is 0 Å². The number of ether oxygens (including phenoxy) is 2. The van der Waals surface area contributed by atoms with E-state index in [0.29, 0.717) is 12.8 Å². The van der Waals surface area contributed by atoms with Gasteiger partial charge in [-0.1, -0.05) is 48.5 Å². The number of carbonyl (C=O) groups excluding carboxylic acids is 2. The van der Waals surface area contributed by atoms with Crippen LogP contribution in [0.5, 0.6) is 0 Å². The highest BCUT2D eigenvalue weighted by molar-refractivity contribution is 5.82. The largest absolute Gasteiger partial charge is 0.481 e. The summed E-state index contributed by atoms with van der Waals surface area (Å²) in [5, 5.41) is 14.1. The first kappa shape index (κ1) is 24.3. The number of aliphatic carboxylic acids is 1. The molecule has 2 aromatic carbocycles. The van der Waals surface area contributed by atoms with Gasteiger partial charge in [-0.3, -0.25) is 9.59 Å². The van der Waals surface area contributed by atoms with Crippen molar-refractivity contribution >= 4 is 18.0 Å². The predicted octanol–water partition coefficient (Wildman–Crippen LogP) is 3.30. The van der Waals surface area contributed by atoms with Crippen LogP contribution in [0.4, 0.5) is 4.79 Å². The number of alkyl carbamates (subject to hydrolysis) is 1. The minimum Gasteiger partial charge on any atom is -0.481 e. The summed E-state index contributed by atoms with van der Waals surface area (Å²) >= 11 is 0. The van der Waals surface area contributed by atoms with Crippen molar-refractivity contribution in [2.75, 3.05) is 20.3 Å². The Morgan fingerprint density at radius 1 is 1.03 bits per heavy atom. The molecule has 0 radical (unpaired) electrons. The third-order valence-corrected chi connectivity index (χ3v) is 5.77. The standard InChI is InChI=1S/C25H30N2O6/c1-16(8-7-13-23(28)29)27-24(30)22(32-2)14-26-25(31)33-15-21-19-11-5-3-9-17(19)18-10-4-6-12-20(18)21/h3-6,9-12,16,21-22H,7-8,13-15H2,1-2H3,(H,26,31)(H,27,30)(H,28,29). The van der Waals surface area contributed by atoms with E-state index in [2.05, 4.69) is 22.8 Å². The maximum atomic E-state index is 12.4. The molecule has 33 heavy (non-hydrogen) atoms. The molecular formula is C25H30N2O6. The molecule has 0 heterocycles. The number of hydrogen-bond donors (Lipinski definition) is 3. The fourth-order valence-corrected chi connectivity index (χ4v) is 4.08. The second kappa shape index (κ2) is 11.5. The molecule has 176 valence electrons. The van der Waals surface area contributed by atoms with Gasteiger partial charge in [-0.25, -0.2) is 4.79 Å². The average molecular weight is 455 g/mol. The first-order valence-corrected chi connectivity index (χ1v) is 11.0. The van der Waals surface area contributed by atoms with Crippen LogP contribution < -0.4 is 10.6 Å². The number of hydrogen-bond acceptors (Lipinski definition) is 5. The summed E-state index contributed by atoms with van der Waals surface area (Å²) < 4.78 is 10.7. The van der Waals surface area contributed by atoms with Gasteiger partial charge in [-0.15, -0.1) is 0 Å². The van der Waals surface area contributed by atoms with Crippen LogP contribution in [-0.2, 0) is 19.1 Å². The molecule has 0 fully saturated rings. The van der Waals surface area contributed by atoms with Gasteiger partial charge < -0.3 is 25.2 Å². The van der Waals surface area contributed by atoms with Crippen LogP contribution in [-0.4, -0.2) is 55.5 Å². The monoisotopic (exact) mass is 454 g/mol. The maximum absolute atomic E-state index is 12.4. The SMILES string of the molecule is COC(CNC(=O)OCC1c2ccccc2-c2ccccc21)C(=O)NC(C)CCCC(=O)O.